The Morgan fingerprint density at radius 2 is 2.00 bits per heavy atom. The van der Waals surface area contributed by atoms with Gasteiger partial charge in [-0.05, 0) is 42.8 Å². The van der Waals surface area contributed by atoms with Gasteiger partial charge in [0.15, 0.2) is 0 Å². The molecule has 0 bridgehead atoms. The van der Waals surface area contributed by atoms with Crippen LogP contribution < -0.4 is 11.1 Å². The molecular formula is C20H19BrN6. The zero-order valence-corrected chi connectivity index (χ0v) is 16.4. The fraction of sp³-hybridized carbons (Fsp3) is 0.150. The number of nitrogens with one attached hydrogen (secondary N) is 1. The summed E-state index contributed by atoms with van der Waals surface area (Å²) in [5, 5.41) is 8.89. The lowest BCUT2D eigenvalue weighted by Crippen LogP contribution is -2.01. The minimum absolute atomic E-state index is 0.236. The summed E-state index contributed by atoms with van der Waals surface area (Å²) in [5.74, 6) is 0.908. The Kier molecular flexibility index (Phi) is 4.77. The molecule has 0 aliphatic carbocycles. The molecule has 0 fully saturated rings. The molecule has 0 saturated carbocycles. The molecule has 27 heavy (non-hydrogen) atoms. The van der Waals surface area contributed by atoms with E-state index in [4.69, 9.17) is 5.73 Å². The van der Waals surface area contributed by atoms with Crippen LogP contribution in [0.5, 0.6) is 0 Å². The molecule has 0 aliphatic heterocycles. The van der Waals surface area contributed by atoms with Gasteiger partial charge in [0, 0.05) is 33.9 Å². The van der Waals surface area contributed by atoms with Gasteiger partial charge in [-0.15, -0.1) is 0 Å². The second kappa shape index (κ2) is 7.36. The van der Waals surface area contributed by atoms with Gasteiger partial charge in [0.1, 0.15) is 5.82 Å². The first-order valence-electron chi connectivity index (χ1n) is 8.76. The van der Waals surface area contributed by atoms with Crippen LogP contribution in [0.25, 0.3) is 22.2 Å². The standard InChI is InChI=1S/C20H19BrN6/c1-2-9-27-10-8-17(26-27)13-6-7-18-16(11-13)19(25-20(22)24-18)23-15-5-3-4-14(21)12-15/h3-8,10-12H,2,9H2,1H3,(H3,22,23,24,25). The number of fused-ring (bicyclic) bond motifs is 1. The van der Waals surface area contributed by atoms with Gasteiger partial charge >= 0.3 is 0 Å². The van der Waals surface area contributed by atoms with Gasteiger partial charge in [-0.3, -0.25) is 4.68 Å². The number of nitrogens with two attached hydrogens (primary N) is 1. The van der Waals surface area contributed by atoms with E-state index in [1.807, 2.05) is 59.4 Å². The molecule has 7 heteroatoms. The van der Waals surface area contributed by atoms with Crippen molar-refractivity contribution in [2.75, 3.05) is 11.1 Å². The predicted molar refractivity (Wildman–Crippen MR) is 113 cm³/mol. The summed E-state index contributed by atoms with van der Waals surface area (Å²) in [4.78, 5) is 8.77. The largest absolute Gasteiger partial charge is 0.368 e. The molecule has 4 aromatic rings. The van der Waals surface area contributed by atoms with Crippen molar-refractivity contribution in [2.45, 2.75) is 19.9 Å². The van der Waals surface area contributed by atoms with Crippen LogP contribution >= 0.6 is 15.9 Å². The summed E-state index contributed by atoms with van der Waals surface area (Å²) in [6, 6.07) is 15.9. The van der Waals surface area contributed by atoms with Gasteiger partial charge in [0.25, 0.3) is 0 Å². The number of hydrogen-bond donors (Lipinski definition) is 2. The number of benzene rings is 2. The van der Waals surface area contributed by atoms with Crippen molar-refractivity contribution in [3.63, 3.8) is 0 Å². The molecule has 0 unspecified atom stereocenters. The zero-order chi connectivity index (χ0) is 18.8. The monoisotopic (exact) mass is 422 g/mol. The Balaban J connectivity index is 1.78. The van der Waals surface area contributed by atoms with E-state index in [0.29, 0.717) is 5.82 Å². The summed E-state index contributed by atoms with van der Waals surface area (Å²) in [7, 11) is 0. The third-order valence-corrected chi connectivity index (χ3v) is 4.68. The predicted octanol–water partition coefficient (Wildman–Crippen LogP) is 4.99. The second-order valence-electron chi connectivity index (χ2n) is 6.26. The fourth-order valence-corrected chi connectivity index (χ4v) is 3.37. The summed E-state index contributed by atoms with van der Waals surface area (Å²) in [5.41, 5.74) is 9.56. The first kappa shape index (κ1) is 17.5. The molecule has 136 valence electrons. The van der Waals surface area contributed by atoms with Crippen LogP contribution in [0.4, 0.5) is 17.5 Å². The number of aromatic nitrogens is 4. The second-order valence-corrected chi connectivity index (χ2v) is 7.18. The highest BCUT2D eigenvalue weighted by Gasteiger charge is 2.10. The van der Waals surface area contributed by atoms with E-state index >= 15 is 0 Å². The van der Waals surface area contributed by atoms with Crippen LogP contribution in [0.3, 0.4) is 0 Å². The molecule has 6 nitrogen and oxygen atoms in total. The van der Waals surface area contributed by atoms with Gasteiger partial charge < -0.3 is 11.1 Å². The molecule has 3 N–H and O–H groups in total. The third kappa shape index (κ3) is 3.78. The summed E-state index contributed by atoms with van der Waals surface area (Å²) < 4.78 is 2.95. The van der Waals surface area contributed by atoms with E-state index in [1.165, 1.54) is 0 Å². The molecule has 2 aromatic carbocycles. The van der Waals surface area contributed by atoms with Gasteiger partial charge in [-0.2, -0.15) is 10.1 Å². The maximum Gasteiger partial charge on any atom is 0.222 e. The van der Waals surface area contributed by atoms with E-state index < -0.39 is 0 Å². The van der Waals surface area contributed by atoms with E-state index in [0.717, 1.165) is 45.3 Å². The average molecular weight is 423 g/mol. The maximum atomic E-state index is 5.91. The lowest BCUT2D eigenvalue weighted by Gasteiger charge is -2.11. The first-order chi connectivity index (χ1) is 13.1. The highest BCUT2D eigenvalue weighted by Crippen LogP contribution is 2.29. The zero-order valence-electron chi connectivity index (χ0n) is 14.9. The van der Waals surface area contributed by atoms with E-state index in [-0.39, 0.29) is 5.95 Å². The SMILES string of the molecule is CCCn1ccc(-c2ccc3nc(N)nc(Nc4cccc(Br)c4)c3c2)n1. The highest BCUT2D eigenvalue weighted by molar-refractivity contribution is 9.10. The number of anilines is 3. The third-order valence-electron chi connectivity index (χ3n) is 4.19. The van der Waals surface area contributed by atoms with Crippen LogP contribution in [-0.4, -0.2) is 19.7 Å². The van der Waals surface area contributed by atoms with Crippen molar-refractivity contribution in [3.05, 3.63) is 59.2 Å². The minimum atomic E-state index is 0.236. The van der Waals surface area contributed by atoms with Crippen molar-refractivity contribution >= 4 is 44.3 Å². The Morgan fingerprint density at radius 3 is 2.81 bits per heavy atom. The van der Waals surface area contributed by atoms with Crippen molar-refractivity contribution < 1.29 is 0 Å². The summed E-state index contributed by atoms with van der Waals surface area (Å²) >= 11 is 3.49. The number of nitrogen functional groups attached to an aromatic ring is 1. The maximum absolute atomic E-state index is 5.91. The van der Waals surface area contributed by atoms with Gasteiger partial charge in [-0.25, -0.2) is 4.98 Å². The molecule has 0 saturated heterocycles. The summed E-state index contributed by atoms with van der Waals surface area (Å²) in [6.07, 6.45) is 3.05. The van der Waals surface area contributed by atoms with Crippen molar-refractivity contribution in [2.24, 2.45) is 0 Å². The average Bonchev–Trinajstić information content (AvgIpc) is 3.10. The summed E-state index contributed by atoms with van der Waals surface area (Å²) in [6.45, 7) is 3.04. The molecule has 0 radical (unpaired) electrons. The molecule has 2 heterocycles. The molecule has 0 spiro atoms. The number of nitrogens with zero attached hydrogens (tertiary/aromatic N) is 4. The fourth-order valence-electron chi connectivity index (χ4n) is 2.97. The van der Waals surface area contributed by atoms with Crippen LogP contribution in [0.2, 0.25) is 0 Å². The van der Waals surface area contributed by atoms with Crippen LogP contribution in [0.1, 0.15) is 13.3 Å². The first-order valence-corrected chi connectivity index (χ1v) is 9.55. The number of hydrogen-bond acceptors (Lipinski definition) is 5. The minimum Gasteiger partial charge on any atom is -0.368 e. The normalized spacial score (nSPS) is 11.0. The van der Waals surface area contributed by atoms with Crippen molar-refractivity contribution in [1.29, 1.82) is 0 Å². The van der Waals surface area contributed by atoms with E-state index in [2.05, 4.69) is 43.2 Å². The highest BCUT2D eigenvalue weighted by atomic mass is 79.9. The molecular weight excluding hydrogens is 404 g/mol. The number of rotatable bonds is 5. The Labute approximate surface area is 165 Å². The molecule has 4 rings (SSSR count). The Morgan fingerprint density at radius 1 is 1.11 bits per heavy atom. The molecule has 0 atom stereocenters. The Bertz CT molecular complexity index is 1100. The Hall–Kier alpha value is -2.93. The van der Waals surface area contributed by atoms with E-state index in [9.17, 15) is 0 Å². The topological polar surface area (TPSA) is 81.7 Å². The molecule has 2 aromatic heterocycles. The number of halogens is 1. The van der Waals surface area contributed by atoms with Gasteiger partial charge in [0.05, 0.1) is 11.2 Å². The lowest BCUT2D eigenvalue weighted by atomic mass is 10.1. The van der Waals surface area contributed by atoms with Crippen LogP contribution in [-0.2, 0) is 6.54 Å². The lowest BCUT2D eigenvalue weighted by molar-refractivity contribution is 0.604. The quantitative estimate of drug-likeness (QED) is 0.473. The molecule has 0 aliphatic rings. The van der Waals surface area contributed by atoms with E-state index in [1.54, 1.807) is 0 Å². The number of aryl methyl sites for hydroxylation is 1. The van der Waals surface area contributed by atoms with Crippen molar-refractivity contribution in [1.82, 2.24) is 19.7 Å². The van der Waals surface area contributed by atoms with Crippen LogP contribution in [0, 0.1) is 0 Å². The smallest absolute Gasteiger partial charge is 0.222 e. The van der Waals surface area contributed by atoms with Crippen molar-refractivity contribution in [3.8, 4) is 11.3 Å². The molecule has 0 amide bonds. The van der Waals surface area contributed by atoms with Gasteiger partial charge in [0.2, 0.25) is 5.95 Å². The van der Waals surface area contributed by atoms with Gasteiger partial charge in [-0.1, -0.05) is 35.0 Å². The van der Waals surface area contributed by atoms with Crippen LogP contribution in [0.15, 0.2) is 59.2 Å².